The number of ether oxygens (including phenoxy) is 1. The number of benzene rings is 2. The first-order chi connectivity index (χ1) is 13.5. The fraction of sp³-hybridized carbons (Fsp3) is 0.350. The number of nitrogens with one attached hydrogen (secondary N) is 1. The normalized spacial score (nSPS) is 15.9. The van der Waals surface area contributed by atoms with E-state index in [4.69, 9.17) is 4.74 Å². The second-order valence-corrected chi connectivity index (χ2v) is 8.52. The Labute approximate surface area is 164 Å². The van der Waals surface area contributed by atoms with Gasteiger partial charge in [0.2, 0.25) is 15.9 Å². The second kappa shape index (κ2) is 9.16. The van der Waals surface area contributed by atoms with Gasteiger partial charge in [0.1, 0.15) is 18.2 Å². The lowest BCUT2D eigenvalue weighted by molar-refractivity contribution is -0.126. The monoisotopic (exact) mass is 406 g/mol. The van der Waals surface area contributed by atoms with E-state index in [0.717, 1.165) is 17.9 Å². The lowest BCUT2D eigenvalue weighted by Crippen LogP contribution is -2.43. The van der Waals surface area contributed by atoms with Crippen molar-refractivity contribution in [2.45, 2.75) is 17.7 Å². The molecule has 0 saturated carbocycles. The quantitative estimate of drug-likeness (QED) is 0.717. The molecule has 8 heteroatoms. The fourth-order valence-electron chi connectivity index (χ4n) is 3.12. The molecule has 3 rings (SSSR count). The van der Waals surface area contributed by atoms with Gasteiger partial charge in [-0.3, -0.25) is 4.79 Å². The standard InChI is InChI=1S/C20H23FN2O4S/c21-17-6-8-19(9-7-17)28(25,26)23-13-10-16(11-14-23)20(24)22-12-15-27-18-4-2-1-3-5-18/h1-9,16H,10-15H2,(H,22,24). The lowest BCUT2D eigenvalue weighted by atomic mass is 9.97. The molecule has 0 radical (unpaired) electrons. The molecule has 1 N–H and O–H groups in total. The Morgan fingerprint density at radius 3 is 2.36 bits per heavy atom. The van der Waals surface area contributed by atoms with Crippen LogP contribution in [0, 0.1) is 11.7 Å². The summed E-state index contributed by atoms with van der Waals surface area (Å²) >= 11 is 0. The van der Waals surface area contributed by atoms with Gasteiger partial charge in [0, 0.05) is 19.0 Å². The summed E-state index contributed by atoms with van der Waals surface area (Å²) in [6.07, 6.45) is 0.900. The molecule has 0 atom stereocenters. The van der Waals surface area contributed by atoms with Crippen molar-refractivity contribution in [1.82, 2.24) is 9.62 Å². The molecular formula is C20H23FN2O4S. The lowest BCUT2D eigenvalue weighted by Gasteiger charge is -2.30. The number of carbonyl (C=O) groups is 1. The Bertz CT molecular complexity index is 880. The van der Waals surface area contributed by atoms with Gasteiger partial charge < -0.3 is 10.1 Å². The highest BCUT2D eigenvalue weighted by atomic mass is 32.2. The predicted octanol–water partition coefficient (Wildman–Crippen LogP) is 2.42. The zero-order valence-electron chi connectivity index (χ0n) is 15.4. The third kappa shape index (κ3) is 5.08. The molecule has 28 heavy (non-hydrogen) atoms. The Hall–Kier alpha value is -2.45. The number of carbonyl (C=O) groups excluding carboxylic acids is 1. The minimum Gasteiger partial charge on any atom is -0.492 e. The molecule has 0 aromatic heterocycles. The summed E-state index contributed by atoms with van der Waals surface area (Å²) in [5.74, 6) is -0.0477. The highest BCUT2D eigenvalue weighted by Gasteiger charge is 2.31. The van der Waals surface area contributed by atoms with E-state index in [1.807, 2.05) is 30.3 Å². The number of piperidine rings is 1. The molecule has 0 aliphatic carbocycles. The van der Waals surface area contributed by atoms with E-state index in [0.29, 0.717) is 26.0 Å². The van der Waals surface area contributed by atoms with Crippen molar-refractivity contribution in [3.05, 3.63) is 60.4 Å². The number of halogens is 1. The van der Waals surface area contributed by atoms with Crippen LogP contribution in [0.15, 0.2) is 59.5 Å². The topological polar surface area (TPSA) is 75.7 Å². The number of amides is 1. The molecule has 2 aromatic carbocycles. The van der Waals surface area contributed by atoms with E-state index in [1.165, 1.54) is 16.4 Å². The van der Waals surface area contributed by atoms with Gasteiger partial charge in [0.15, 0.2) is 0 Å². The maximum absolute atomic E-state index is 13.0. The SMILES string of the molecule is O=C(NCCOc1ccccc1)C1CCN(S(=O)(=O)c2ccc(F)cc2)CC1. The second-order valence-electron chi connectivity index (χ2n) is 6.58. The Balaban J connectivity index is 1.44. The van der Waals surface area contributed by atoms with Crippen LogP contribution < -0.4 is 10.1 Å². The summed E-state index contributed by atoms with van der Waals surface area (Å²) in [6.45, 7) is 1.28. The molecule has 0 bridgehead atoms. The van der Waals surface area contributed by atoms with Crippen molar-refractivity contribution < 1.29 is 22.3 Å². The van der Waals surface area contributed by atoms with Crippen molar-refractivity contribution >= 4 is 15.9 Å². The van der Waals surface area contributed by atoms with Gasteiger partial charge in [0.25, 0.3) is 0 Å². The van der Waals surface area contributed by atoms with Crippen molar-refractivity contribution in [2.75, 3.05) is 26.2 Å². The number of sulfonamides is 1. The van der Waals surface area contributed by atoms with E-state index >= 15 is 0 Å². The number of hydrogen-bond donors (Lipinski definition) is 1. The van der Waals surface area contributed by atoms with Crippen LogP contribution in [-0.4, -0.2) is 44.9 Å². The summed E-state index contributed by atoms with van der Waals surface area (Å²) in [5, 5.41) is 2.84. The molecule has 1 aliphatic heterocycles. The first-order valence-electron chi connectivity index (χ1n) is 9.18. The molecule has 0 spiro atoms. The van der Waals surface area contributed by atoms with E-state index in [-0.39, 0.29) is 29.8 Å². The number of rotatable bonds is 7. The Morgan fingerprint density at radius 2 is 1.71 bits per heavy atom. The summed E-state index contributed by atoms with van der Waals surface area (Å²) in [4.78, 5) is 12.4. The minimum atomic E-state index is -3.66. The van der Waals surface area contributed by atoms with E-state index in [2.05, 4.69) is 5.32 Å². The molecule has 2 aromatic rings. The third-order valence-corrected chi connectivity index (χ3v) is 6.60. The molecule has 1 amide bonds. The van der Waals surface area contributed by atoms with Crippen LogP contribution in [0.1, 0.15) is 12.8 Å². The average molecular weight is 406 g/mol. The summed E-state index contributed by atoms with van der Waals surface area (Å²) in [7, 11) is -3.66. The molecular weight excluding hydrogens is 383 g/mol. The highest BCUT2D eigenvalue weighted by molar-refractivity contribution is 7.89. The van der Waals surface area contributed by atoms with Crippen LogP contribution >= 0.6 is 0 Å². The van der Waals surface area contributed by atoms with Gasteiger partial charge in [0.05, 0.1) is 11.4 Å². The van der Waals surface area contributed by atoms with Gasteiger partial charge >= 0.3 is 0 Å². The average Bonchev–Trinajstić information content (AvgIpc) is 2.72. The molecule has 150 valence electrons. The van der Waals surface area contributed by atoms with Crippen molar-refractivity contribution in [3.8, 4) is 5.75 Å². The third-order valence-electron chi connectivity index (χ3n) is 4.69. The minimum absolute atomic E-state index is 0.0647. The van der Waals surface area contributed by atoms with E-state index < -0.39 is 15.8 Å². The number of nitrogens with zero attached hydrogens (tertiary/aromatic N) is 1. The number of para-hydroxylation sites is 1. The summed E-state index contributed by atoms with van der Waals surface area (Å²) in [6, 6.07) is 14.1. The smallest absolute Gasteiger partial charge is 0.243 e. The fourth-order valence-corrected chi connectivity index (χ4v) is 4.59. The molecule has 1 heterocycles. The largest absolute Gasteiger partial charge is 0.492 e. The molecule has 6 nitrogen and oxygen atoms in total. The zero-order chi connectivity index (χ0) is 20.0. The predicted molar refractivity (Wildman–Crippen MR) is 103 cm³/mol. The van der Waals surface area contributed by atoms with Crippen molar-refractivity contribution in [3.63, 3.8) is 0 Å². The Morgan fingerprint density at radius 1 is 1.07 bits per heavy atom. The Kier molecular flexibility index (Phi) is 6.64. The van der Waals surface area contributed by atoms with Gasteiger partial charge in [-0.2, -0.15) is 4.31 Å². The maximum atomic E-state index is 13.0. The van der Waals surface area contributed by atoms with Gasteiger partial charge in [-0.15, -0.1) is 0 Å². The van der Waals surface area contributed by atoms with Gasteiger partial charge in [-0.25, -0.2) is 12.8 Å². The highest BCUT2D eigenvalue weighted by Crippen LogP contribution is 2.24. The van der Waals surface area contributed by atoms with Crippen LogP contribution in [0.25, 0.3) is 0 Å². The molecule has 1 aliphatic rings. The van der Waals surface area contributed by atoms with Crippen molar-refractivity contribution in [1.29, 1.82) is 0 Å². The first-order valence-corrected chi connectivity index (χ1v) is 10.6. The molecule has 1 saturated heterocycles. The summed E-state index contributed by atoms with van der Waals surface area (Å²) < 4.78 is 45.1. The first kappa shape index (κ1) is 20.3. The van der Waals surface area contributed by atoms with Crippen LogP contribution in [0.5, 0.6) is 5.75 Å². The zero-order valence-corrected chi connectivity index (χ0v) is 16.2. The van der Waals surface area contributed by atoms with Crippen LogP contribution in [0.2, 0.25) is 0 Å². The van der Waals surface area contributed by atoms with Crippen LogP contribution in [-0.2, 0) is 14.8 Å². The number of hydrogen-bond acceptors (Lipinski definition) is 4. The van der Waals surface area contributed by atoms with Crippen LogP contribution in [0.4, 0.5) is 4.39 Å². The molecule has 0 unspecified atom stereocenters. The van der Waals surface area contributed by atoms with Gasteiger partial charge in [-0.1, -0.05) is 18.2 Å². The van der Waals surface area contributed by atoms with E-state index in [9.17, 15) is 17.6 Å². The van der Waals surface area contributed by atoms with Gasteiger partial charge in [-0.05, 0) is 49.2 Å². The van der Waals surface area contributed by atoms with Crippen LogP contribution in [0.3, 0.4) is 0 Å². The summed E-state index contributed by atoms with van der Waals surface area (Å²) in [5.41, 5.74) is 0. The van der Waals surface area contributed by atoms with E-state index in [1.54, 1.807) is 0 Å². The molecule has 1 fully saturated rings. The maximum Gasteiger partial charge on any atom is 0.243 e. The van der Waals surface area contributed by atoms with Crippen molar-refractivity contribution in [2.24, 2.45) is 5.92 Å².